The summed E-state index contributed by atoms with van der Waals surface area (Å²) >= 11 is 1.26. The molecule has 3 heterocycles. The number of amides is 1. The number of likely N-dealkylation sites (tertiary alicyclic amines) is 1. The Morgan fingerprint density at radius 3 is 2.38 bits per heavy atom. The molecule has 1 saturated heterocycles. The van der Waals surface area contributed by atoms with E-state index in [2.05, 4.69) is 50.9 Å². The van der Waals surface area contributed by atoms with Crippen LogP contribution in [0.15, 0.2) is 24.3 Å². The molecule has 1 fully saturated rings. The Labute approximate surface area is 192 Å². The van der Waals surface area contributed by atoms with Crippen LogP contribution in [0.5, 0.6) is 0 Å². The van der Waals surface area contributed by atoms with Crippen LogP contribution >= 0.6 is 11.3 Å². The number of rotatable bonds is 3. The highest BCUT2D eigenvalue weighted by Crippen LogP contribution is 2.43. The van der Waals surface area contributed by atoms with Gasteiger partial charge >= 0.3 is 0 Å². The molecule has 1 amide bonds. The van der Waals surface area contributed by atoms with E-state index in [1.165, 1.54) is 16.9 Å². The van der Waals surface area contributed by atoms with Gasteiger partial charge in [-0.1, -0.05) is 52.0 Å². The van der Waals surface area contributed by atoms with E-state index in [1.807, 2.05) is 17.0 Å². The van der Waals surface area contributed by atoms with Gasteiger partial charge in [-0.15, -0.1) is 11.3 Å². The van der Waals surface area contributed by atoms with Crippen LogP contribution in [0.3, 0.4) is 0 Å². The molecular weight excluding hydrogens is 418 g/mol. The Hall–Kier alpha value is -3.11. The number of carbonyl (C=O) groups excluding carboxylic acids is 1. The fourth-order valence-electron chi connectivity index (χ4n) is 4.74. The summed E-state index contributed by atoms with van der Waals surface area (Å²) in [7, 11) is 0. The van der Waals surface area contributed by atoms with Gasteiger partial charge in [0.1, 0.15) is 27.2 Å². The lowest BCUT2D eigenvalue weighted by Crippen LogP contribution is -2.42. The smallest absolute Gasteiger partial charge is 0.266 e. The topological polar surface area (TPSA) is 109 Å². The van der Waals surface area contributed by atoms with Crippen LogP contribution < -0.4 is 11.5 Å². The molecule has 1 aliphatic rings. The summed E-state index contributed by atoms with van der Waals surface area (Å²) in [5.74, 6) is 1.39. The second-order valence-electron chi connectivity index (χ2n) is 9.32. The summed E-state index contributed by atoms with van der Waals surface area (Å²) in [4.78, 5) is 20.8. The first-order valence-electron chi connectivity index (χ1n) is 11.0. The molecule has 0 aliphatic carbocycles. The zero-order valence-corrected chi connectivity index (χ0v) is 19.8. The van der Waals surface area contributed by atoms with Gasteiger partial charge in [0.2, 0.25) is 0 Å². The Balaban J connectivity index is 1.88. The third-order valence-electron chi connectivity index (χ3n) is 6.23. The summed E-state index contributed by atoms with van der Waals surface area (Å²) in [6, 6.07) is 10.3. The lowest BCUT2D eigenvalue weighted by Gasteiger charge is -2.34. The van der Waals surface area contributed by atoms with Gasteiger partial charge in [-0.2, -0.15) is 5.26 Å². The van der Waals surface area contributed by atoms with Gasteiger partial charge in [-0.05, 0) is 35.3 Å². The maximum Gasteiger partial charge on any atom is 0.266 e. The molecule has 2 atom stereocenters. The van der Waals surface area contributed by atoms with E-state index in [-0.39, 0.29) is 11.7 Å². The van der Waals surface area contributed by atoms with Crippen molar-refractivity contribution in [2.24, 2.45) is 11.8 Å². The van der Waals surface area contributed by atoms with Crippen LogP contribution in [0.1, 0.15) is 60.8 Å². The molecule has 1 aliphatic heterocycles. The van der Waals surface area contributed by atoms with Gasteiger partial charge in [0.15, 0.2) is 0 Å². The number of aromatic nitrogens is 1. The number of nitriles is 1. The van der Waals surface area contributed by atoms with E-state index in [4.69, 9.17) is 11.5 Å². The highest BCUT2D eigenvalue weighted by atomic mass is 32.1. The van der Waals surface area contributed by atoms with Crippen LogP contribution in [0.25, 0.3) is 21.3 Å². The first kappa shape index (κ1) is 22.1. The van der Waals surface area contributed by atoms with Crippen molar-refractivity contribution in [1.82, 2.24) is 9.88 Å². The number of fused-ring (bicyclic) bond motifs is 1. The third-order valence-corrected chi connectivity index (χ3v) is 7.32. The molecule has 0 radical (unpaired) electrons. The minimum Gasteiger partial charge on any atom is -0.397 e. The Morgan fingerprint density at radius 2 is 1.81 bits per heavy atom. The van der Waals surface area contributed by atoms with E-state index in [0.29, 0.717) is 49.7 Å². The monoisotopic (exact) mass is 447 g/mol. The van der Waals surface area contributed by atoms with Gasteiger partial charge in [0, 0.05) is 24.0 Å². The van der Waals surface area contributed by atoms with Crippen molar-refractivity contribution in [2.45, 2.75) is 40.0 Å². The zero-order chi connectivity index (χ0) is 23.2. The number of carbonyl (C=O) groups is 1. The largest absolute Gasteiger partial charge is 0.397 e. The summed E-state index contributed by atoms with van der Waals surface area (Å²) < 4.78 is 0. The average Bonchev–Trinajstić information content (AvgIpc) is 3.07. The predicted molar refractivity (Wildman–Crippen MR) is 132 cm³/mol. The molecular formula is C25H29N5OS. The molecule has 0 spiro atoms. The number of hydrogen-bond donors (Lipinski definition) is 2. The van der Waals surface area contributed by atoms with Crippen LogP contribution in [-0.4, -0.2) is 28.9 Å². The number of anilines is 2. The second kappa shape index (κ2) is 8.44. The van der Waals surface area contributed by atoms with Crippen LogP contribution in [0.2, 0.25) is 0 Å². The normalized spacial score (nSPS) is 18.8. The number of nitrogens with zero attached hydrogens (tertiary/aromatic N) is 3. The number of benzene rings is 1. The SMILES string of the molecule is CC1CC(C)CN(C(=O)c2sc3nc(N)c(C#N)c(-c4ccc(C(C)C)cc4)c3c2N)C1. The van der Waals surface area contributed by atoms with E-state index in [9.17, 15) is 10.1 Å². The first-order valence-corrected chi connectivity index (χ1v) is 11.8. The summed E-state index contributed by atoms with van der Waals surface area (Å²) in [6.07, 6.45) is 1.12. The van der Waals surface area contributed by atoms with Crippen molar-refractivity contribution in [1.29, 1.82) is 5.26 Å². The van der Waals surface area contributed by atoms with Gasteiger partial charge < -0.3 is 16.4 Å². The molecule has 6 nitrogen and oxygen atoms in total. The van der Waals surface area contributed by atoms with Crippen LogP contribution in [0, 0.1) is 23.2 Å². The Kier molecular flexibility index (Phi) is 5.83. The van der Waals surface area contributed by atoms with Crippen LogP contribution in [0.4, 0.5) is 11.5 Å². The van der Waals surface area contributed by atoms with E-state index in [1.54, 1.807) is 0 Å². The quantitative estimate of drug-likeness (QED) is 0.570. The fraction of sp³-hybridized carbons (Fsp3) is 0.400. The molecule has 32 heavy (non-hydrogen) atoms. The number of nitrogen functional groups attached to an aromatic ring is 2. The molecule has 7 heteroatoms. The third kappa shape index (κ3) is 3.80. The molecule has 3 aromatic rings. The Bertz CT molecular complexity index is 1210. The summed E-state index contributed by atoms with van der Waals surface area (Å²) in [5, 5.41) is 10.5. The molecule has 4 rings (SSSR count). The number of thiophene rings is 1. The Morgan fingerprint density at radius 1 is 1.19 bits per heavy atom. The number of pyridine rings is 1. The van der Waals surface area contributed by atoms with Crippen LogP contribution in [-0.2, 0) is 0 Å². The molecule has 0 saturated carbocycles. The van der Waals surface area contributed by atoms with E-state index in [0.717, 1.165) is 25.1 Å². The van der Waals surface area contributed by atoms with Crippen molar-refractivity contribution >= 4 is 39.0 Å². The van der Waals surface area contributed by atoms with Crippen molar-refractivity contribution in [3.63, 3.8) is 0 Å². The van der Waals surface area contributed by atoms with Gasteiger partial charge in [-0.25, -0.2) is 4.98 Å². The number of piperidine rings is 1. The van der Waals surface area contributed by atoms with Gasteiger partial charge in [0.25, 0.3) is 5.91 Å². The highest BCUT2D eigenvalue weighted by molar-refractivity contribution is 7.21. The van der Waals surface area contributed by atoms with Crippen molar-refractivity contribution in [3.05, 3.63) is 40.3 Å². The second-order valence-corrected chi connectivity index (χ2v) is 10.3. The van der Waals surface area contributed by atoms with Crippen molar-refractivity contribution < 1.29 is 4.79 Å². The van der Waals surface area contributed by atoms with Gasteiger partial charge in [0.05, 0.1) is 5.69 Å². The number of hydrogen-bond acceptors (Lipinski definition) is 6. The minimum absolute atomic E-state index is 0.0675. The first-order chi connectivity index (χ1) is 15.2. The maximum atomic E-state index is 13.4. The number of nitrogens with two attached hydrogens (primary N) is 2. The lowest BCUT2D eigenvalue weighted by atomic mass is 9.91. The molecule has 2 aromatic heterocycles. The van der Waals surface area contributed by atoms with Crippen molar-refractivity contribution in [3.8, 4) is 17.2 Å². The summed E-state index contributed by atoms with van der Waals surface area (Å²) in [5.41, 5.74) is 16.1. The predicted octanol–water partition coefficient (Wildman–Crippen LogP) is 5.24. The molecule has 0 bridgehead atoms. The van der Waals surface area contributed by atoms with Gasteiger partial charge in [-0.3, -0.25) is 4.79 Å². The molecule has 166 valence electrons. The fourth-order valence-corrected chi connectivity index (χ4v) is 5.82. The maximum absolute atomic E-state index is 13.4. The molecule has 2 unspecified atom stereocenters. The minimum atomic E-state index is -0.0675. The standard InChI is InChI=1S/C25H29N5OS/c1-13(2)16-5-7-17(8-6-16)19-18(10-26)23(28)29-24-20(19)21(27)22(32-24)25(31)30-11-14(3)9-15(4)12-30/h5-8,13-15H,9,11-12,27H2,1-4H3,(H2,28,29). The van der Waals surface area contributed by atoms with E-state index < -0.39 is 0 Å². The molecule has 1 aromatic carbocycles. The average molecular weight is 448 g/mol. The zero-order valence-electron chi connectivity index (χ0n) is 19.0. The highest BCUT2D eigenvalue weighted by Gasteiger charge is 2.30. The summed E-state index contributed by atoms with van der Waals surface area (Å²) in [6.45, 7) is 10.1. The lowest BCUT2D eigenvalue weighted by molar-refractivity contribution is 0.0629. The van der Waals surface area contributed by atoms with Crippen molar-refractivity contribution in [2.75, 3.05) is 24.6 Å². The molecule has 4 N–H and O–H groups in total. The van der Waals surface area contributed by atoms with E-state index >= 15 is 0 Å².